The van der Waals surface area contributed by atoms with E-state index >= 15 is 0 Å². The molecular weight excluding hydrogens is 245 g/mol. The molecule has 6 heteroatoms. The summed E-state index contributed by atoms with van der Waals surface area (Å²) in [7, 11) is 1.86. The molecule has 1 unspecified atom stereocenters. The maximum absolute atomic E-state index is 13.4. The van der Waals surface area contributed by atoms with Crippen molar-refractivity contribution < 1.29 is 4.39 Å². The average molecular weight is 259 g/mol. The lowest BCUT2D eigenvalue weighted by Crippen LogP contribution is -2.36. The number of nitrogens with two attached hydrogens (primary N) is 1. The second-order valence-electron chi connectivity index (χ2n) is 4.51. The lowest BCUT2D eigenvalue weighted by molar-refractivity contribution is 0.626. The number of rotatable bonds is 2. The van der Waals surface area contributed by atoms with Crippen molar-refractivity contribution in [3.8, 4) is 0 Å². The van der Waals surface area contributed by atoms with E-state index in [2.05, 4.69) is 10.1 Å². The second kappa shape index (κ2) is 4.38. The second-order valence-corrected chi connectivity index (χ2v) is 4.51. The van der Waals surface area contributed by atoms with Gasteiger partial charge in [0, 0.05) is 24.5 Å². The zero-order valence-electron chi connectivity index (χ0n) is 10.5. The number of guanidine groups is 1. The van der Waals surface area contributed by atoms with Crippen LogP contribution in [0.3, 0.4) is 0 Å². The predicted octanol–water partition coefficient (Wildman–Crippen LogP) is 1.44. The molecule has 2 N–H and O–H groups in total. The molecule has 2 heterocycles. The third-order valence-corrected chi connectivity index (χ3v) is 3.18. The van der Waals surface area contributed by atoms with Gasteiger partial charge in [-0.1, -0.05) is 6.07 Å². The van der Waals surface area contributed by atoms with E-state index in [9.17, 15) is 4.39 Å². The van der Waals surface area contributed by atoms with Gasteiger partial charge in [0.15, 0.2) is 5.96 Å². The summed E-state index contributed by atoms with van der Waals surface area (Å²) in [5, 5.41) is 4.16. The van der Waals surface area contributed by atoms with E-state index in [-0.39, 0.29) is 11.9 Å². The Balaban J connectivity index is 1.99. The van der Waals surface area contributed by atoms with Gasteiger partial charge in [-0.2, -0.15) is 5.10 Å². The van der Waals surface area contributed by atoms with Crippen molar-refractivity contribution in [2.45, 2.75) is 6.04 Å². The van der Waals surface area contributed by atoms with Crippen LogP contribution < -0.4 is 10.6 Å². The lowest BCUT2D eigenvalue weighted by atomic mass is 10.1. The molecule has 19 heavy (non-hydrogen) atoms. The molecule has 0 amide bonds. The Hall–Kier alpha value is -2.37. The molecule has 3 rings (SSSR count). The molecule has 0 bridgehead atoms. The monoisotopic (exact) mass is 259 g/mol. The third kappa shape index (κ3) is 2.05. The predicted molar refractivity (Wildman–Crippen MR) is 71.3 cm³/mol. The first-order valence-corrected chi connectivity index (χ1v) is 5.98. The smallest absolute Gasteiger partial charge is 0.196 e. The fourth-order valence-corrected chi connectivity index (χ4v) is 2.30. The van der Waals surface area contributed by atoms with Crippen LogP contribution >= 0.6 is 0 Å². The molecule has 0 fully saturated rings. The van der Waals surface area contributed by atoms with Crippen LogP contribution in [0, 0.1) is 5.82 Å². The van der Waals surface area contributed by atoms with Crippen LogP contribution in [-0.2, 0) is 7.05 Å². The topological polar surface area (TPSA) is 59.4 Å². The van der Waals surface area contributed by atoms with E-state index in [1.807, 2.05) is 24.2 Å². The van der Waals surface area contributed by atoms with Crippen LogP contribution in [0.15, 0.2) is 41.7 Å². The lowest BCUT2D eigenvalue weighted by Gasteiger charge is -2.25. The van der Waals surface area contributed by atoms with Crippen LogP contribution in [0.1, 0.15) is 11.6 Å². The Morgan fingerprint density at radius 1 is 1.42 bits per heavy atom. The highest BCUT2D eigenvalue weighted by Gasteiger charge is 2.29. The normalized spacial score (nSPS) is 18.7. The minimum absolute atomic E-state index is 0.0319. The van der Waals surface area contributed by atoms with E-state index in [0.717, 1.165) is 5.56 Å². The molecule has 0 spiro atoms. The molecule has 1 aromatic carbocycles. The SMILES string of the molecule is Cn1cc(C2CN=C(N)N2c2cccc(F)c2)cn1. The van der Waals surface area contributed by atoms with Crippen molar-refractivity contribution in [1.82, 2.24) is 9.78 Å². The van der Waals surface area contributed by atoms with Gasteiger partial charge in [-0.15, -0.1) is 0 Å². The van der Waals surface area contributed by atoms with Gasteiger partial charge in [-0.05, 0) is 18.2 Å². The Morgan fingerprint density at radius 3 is 2.95 bits per heavy atom. The van der Waals surface area contributed by atoms with Gasteiger partial charge in [-0.3, -0.25) is 9.67 Å². The first-order chi connectivity index (χ1) is 9.15. The van der Waals surface area contributed by atoms with Crippen molar-refractivity contribution in [1.29, 1.82) is 0 Å². The van der Waals surface area contributed by atoms with Crippen LogP contribution in [-0.4, -0.2) is 22.3 Å². The summed E-state index contributed by atoms with van der Waals surface area (Å²) < 4.78 is 15.1. The van der Waals surface area contributed by atoms with Gasteiger partial charge < -0.3 is 10.6 Å². The molecular formula is C13H14FN5. The molecule has 1 aliphatic rings. The minimum Gasteiger partial charge on any atom is -0.369 e. The zero-order valence-corrected chi connectivity index (χ0v) is 10.5. The van der Waals surface area contributed by atoms with Crippen molar-refractivity contribution in [2.24, 2.45) is 17.8 Å². The molecule has 0 radical (unpaired) electrons. The number of aryl methyl sites for hydroxylation is 1. The largest absolute Gasteiger partial charge is 0.369 e. The first-order valence-electron chi connectivity index (χ1n) is 5.98. The molecule has 0 saturated carbocycles. The molecule has 1 aliphatic heterocycles. The zero-order chi connectivity index (χ0) is 13.4. The quantitative estimate of drug-likeness (QED) is 0.887. The van der Waals surface area contributed by atoms with Gasteiger partial charge in [0.05, 0.1) is 18.8 Å². The van der Waals surface area contributed by atoms with Crippen molar-refractivity contribution >= 4 is 11.6 Å². The number of benzene rings is 1. The van der Waals surface area contributed by atoms with E-state index in [1.54, 1.807) is 16.9 Å². The Labute approximate surface area is 110 Å². The van der Waals surface area contributed by atoms with Gasteiger partial charge in [0.25, 0.3) is 0 Å². The van der Waals surface area contributed by atoms with E-state index in [0.29, 0.717) is 18.2 Å². The summed E-state index contributed by atoms with van der Waals surface area (Å²) in [6.07, 6.45) is 3.70. The highest BCUT2D eigenvalue weighted by molar-refractivity contribution is 5.97. The fourth-order valence-electron chi connectivity index (χ4n) is 2.30. The van der Waals surface area contributed by atoms with Crippen LogP contribution in [0.5, 0.6) is 0 Å². The molecule has 0 aliphatic carbocycles. The van der Waals surface area contributed by atoms with Gasteiger partial charge >= 0.3 is 0 Å². The van der Waals surface area contributed by atoms with Gasteiger partial charge in [0.2, 0.25) is 0 Å². The van der Waals surface area contributed by atoms with Crippen LogP contribution in [0.4, 0.5) is 10.1 Å². The summed E-state index contributed by atoms with van der Waals surface area (Å²) in [5.41, 5.74) is 7.63. The average Bonchev–Trinajstić information content (AvgIpc) is 2.95. The molecule has 2 aromatic rings. The van der Waals surface area contributed by atoms with E-state index in [1.165, 1.54) is 12.1 Å². The summed E-state index contributed by atoms with van der Waals surface area (Å²) in [5.74, 6) is 0.113. The molecule has 98 valence electrons. The van der Waals surface area contributed by atoms with Gasteiger partial charge in [-0.25, -0.2) is 4.39 Å². The fraction of sp³-hybridized carbons (Fsp3) is 0.231. The maximum atomic E-state index is 13.4. The number of aliphatic imine (C=N–C) groups is 1. The van der Waals surface area contributed by atoms with E-state index < -0.39 is 0 Å². The molecule has 5 nitrogen and oxygen atoms in total. The van der Waals surface area contributed by atoms with Crippen molar-refractivity contribution in [3.05, 3.63) is 48.0 Å². The minimum atomic E-state index is -0.290. The highest BCUT2D eigenvalue weighted by atomic mass is 19.1. The molecule has 1 atom stereocenters. The first kappa shape index (κ1) is 11.7. The summed E-state index contributed by atoms with van der Waals surface area (Å²) in [4.78, 5) is 6.08. The summed E-state index contributed by atoms with van der Waals surface area (Å²) >= 11 is 0. The Bertz CT molecular complexity index is 633. The summed E-state index contributed by atoms with van der Waals surface area (Å²) in [6, 6.07) is 6.32. The highest BCUT2D eigenvalue weighted by Crippen LogP contribution is 2.30. The number of halogens is 1. The number of hydrogen-bond acceptors (Lipinski definition) is 4. The number of aromatic nitrogens is 2. The maximum Gasteiger partial charge on any atom is 0.196 e. The Morgan fingerprint density at radius 2 is 2.26 bits per heavy atom. The van der Waals surface area contributed by atoms with E-state index in [4.69, 9.17) is 5.73 Å². The number of nitrogens with zero attached hydrogens (tertiary/aromatic N) is 4. The number of anilines is 1. The number of hydrogen-bond donors (Lipinski definition) is 1. The van der Waals surface area contributed by atoms with Crippen molar-refractivity contribution in [2.75, 3.05) is 11.4 Å². The van der Waals surface area contributed by atoms with Crippen molar-refractivity contribution in [3.63, 3.8) is 0 Å². The Kier molecular flexibility index (Phi) is 2.70. The molecule has 1 aromatic heterocycles. The molecule has 0 saturated heterocycles. The van der Waals surface area contributed by atoms with Gasteiger partial charge in [0.1, 0.15) is 5.82 Å². The van der Waals surface area contributed by atoms with Crippen LogP contribution in [0.2, 0.25) is 0 Å². The third-order valence-electron chi connectivity index (χ3n) is 3.18. The summed E-state index contributed by atoms with van der Waals surface area (Å²) in [6.45, 7) is 0.550. The standard InChI is InChI=1S/C13H14FN5/c1-18-8-9(6-17-18)12-7-16-13(15)19(12)11-4-2-3-10(14)5-11/h2-6,8,12H,7H2,1H3,(H2,15,16). The van der Waals surface area contributed by atoms with Crippen LogP contribution in [0.25, 0.3) is 0 Å².